The first-order chi connectivity index (χ1) is 37.5. The number of hydrogen-bond acceptors (Lipinski definition) is 6. The molecule has 0 aliphatic rings. The fraction of sp³-hybridized carbons (Fsp3) is 0.706. The molecule has 0 spiro atoms. The van der Waals surface area contributed by atoms with Crippen LogP contribution in [0, 0.1) is 0 Å². The Bertz CT molecular complexity index is 1750. The third-order valence-electron chi connectivity index (χ3n) is 14.7. The highest BCUT2D eigenvalue weighted by Gasteiger charge is 2.13. The molecule has 1 heterocycles. The molecular weight excluding hydrogens is 980 g/mol. The van der Waals surface area contributed by atoms with E-state index < -0.39 is 0 Å². The minimum Gasteiger partial charge on any atom is -0.490 e. The molecule has 0 fully saturated rings. The summed E-state index contributed by atoms with van der Waals surface area (Å²) in [6.07, 6.45) is 55.4. The van der Waals surface area contributed by atoms with E-state index in [9.17, 15) is 0 Å². The largest absolute Gasteiger partial charge is 0.490 e. The molecule has 6 nitrogen and oxygen atoms in total. The smallest absolute Gasteiger partial charge is 0.161 e. The number of rotatable bonds is 52. The monoisotopic (exact) mass is 1090 g/mol. The van der Waals surface area contributed by atoms with Gasteiger partial charge in [0.2, 0.25) is 0 Å². The van der Waals surface area contributed by atoms with E-state index in [4.69, 9.17) is 42.1 Å². The molecule has 0 aliphatic heterocycles. The predicted octanol–water partition coefficient (Wildman–Crippen LogP) is 23.1. The fourth-order valence-corrected chi connectivity index (χ4v) is 10.3. The maximum absolute atomic E-state index is 7.01. The molecule has 2 aromatic carbocycles. The van der Waals surface area contributed by atoms with Crippen molar-refractivity contribution in [1.82, 2.24) is 10.2 Å². The molecule has 1 aromatic heterocycles. The Labute approximate surface area is 477 Å². The molecule has 0 aliphatic carbocycles. The van der Waals surface area contributed by atoms with Crippen LogP contribution in [0.2, 0.25) is 0 Å². The van der Waals surface area contributed by atoms with E-state index >= 15 is 0 Å². The van der Waals surface area contributed by atoms with Crippen LogP contribution in [0.3, 0.4) is 0 Å². The second kappa shape index (κ2) is 47.8. The number of benzene rings is 2. The van der Waals surface area contributed by atoms with Crippen molar-refractivity contribution in [2.24, 2.45) is 0 Å². The molecule has 0 radical (unpaired) electrons. The van der Waals surface area contributed by atoms with Gasteiger partial charge in [0, 0.05) is 0 Å². The molecular formula is C68H110Cl2N2O4. The first-order valence-electron chi connectivity index (χ1n) is 31.9. The SMILES string of the molecule is CCCCCCCCCCCCOc1ccc(/C(Cl)=C/c2ccc(/C=C(\Cl)c3ccc(OCCCCCCCCCCCC)c(OCCCCCCCCCCCC)c3)nn2)cc1OCCCCCCCCCCCC. The molecule has 0 saturated heterocycles. The van der Waals surface area contributed by atoms with Crippen molar-refractivity contribution in [3.8, 4) is 23.0 Å². The lowest BCUT2D eigenvalue weighted by molar-refractivity contribution is 0.258. The molecule has 8 heteroatoms. The van der Waals surface area contributed by atoms with Gasteiger partial charge in [-0.1, -0.05) is 282 Å². The molecule has 0 unspecified atom stereocenters. The zero-order valence-corrected chi connectivity index (χ0v) is 50.7. The van der Waals surface area contributed by atoms with Crippen molar-refractivity contribution in [2.45, 2.75) is 285 Å². The standard InChI is InChI=1S/C68H110Cl2N2O4/c1-5-9-13-17-21-25-29-33-37-41-51-73-65-49-45-59(55-67(65)75-53-43-39-35-31-27-23-19-15-11-7-3)63(69)57-61-47-48-62(72-71-61)58-64(70)60-46-50-66(74-52-42-38-34-30-26-22-18-14-10-6-2)68(56-60)76-54-44-40-36-32-28-24-20-16-12-8-4/h45-50,55-58H,5-44,51-54H2,1-4H3/b63-57-,64-58-. The van der Waals surface area contributed by atoms with Gasteiger partial charge in [0.05, 0.1) is 47.9 Å². The molecule has 0 bridgehead atoms. The van der Waals surface area contributed by atoms with Crippen molar-refractivity contribution in [3.05, 3.63) is 71.0 Å². The van der Waals surface area contributed by atoms with E-state index in [2.05, 4.69) is 37.9 Å². The minimum absolute atomic E-state index is 0.557. The van der Waals surface area contributed by atoms with Gasteiger partial charge in [-0.05, 0) is 97.5 Å². The number of ether oxygens (including phenoxy) is 4. The van der Waals surface area contributed by atoms with E-state index in [0.717, 1.165) is 59.8 Å². The van der Waals surface area contributed by atoms with Crippen LogP contribution >= 0.6 is 23.2 Å². The number of unbranched alkanes of at least 4 members (excludes halogenated alkanes) is 36. The van der Waals surface area contributed by atoms with Crippen molar-refractivity contribution >= 4 is 45.4 Å². The number of hydrogen-bond donors (Lipinski definition) is 0. The van der Waals surface area contributed by atoms with E-state index in [1.165, 1.54) is 231 Å². The van der Waals surface area contributed by atoms with E-state index in [-0.39, 0.29) is 0 Å². The average Bonchev–Trinajstić information content (AvgIpc) is 3.43. The summed E-state index contributed by atoms with van der Waals surface area (Å²) in [5, 5.41) is 10.2. The van der Waals surface area contributed by atoms with Crippen LogP contribution < -0.4 is 18.9 Å². The molecule has 0 N–H and O–H groups in total. The lowest BCUT2D eigenvalue weighted by atomic mass is 10.1. The summed E-state index contributed by atoms with van der Waals surface area (Å²) in [6.45, 7) is 11.8. The van der Waals surface area contributed by atoms with Crippen LogP contribution in [0.5, 0.6) is 23.0 Å². The van der Waals surface area contributed by atoms with Gasteiger partial charge in [-0.25, -0.2) is 0 Å². The summed E-state index contributed by atoms with van der Waals surface area (Å²) in [5.74, 6) is 3.05. The highest BCUT2D eigenvalue weighted by atomic mass is 35.5. The van der Waals surface area contributed by atoms with E-state index in [1.54, 1.807) is 0 Å². The Morgan fingerprint density at radius 1 is 0.303 bits per heavy atom. The molecule has 430 valence electrons. The maximum Gasteiger partial charge on any atom is 0.161 e. The van der Waals surface area contributed by atoms with Crippen LogP contribution in [0.15, 0.2) is 48.5 Å². The van der Waals surface area contributed by atoms with Crippen LogP contribution in [-0.4, -0.2) is 36.6 Å². The first kappa shape index (κ1) is 67.1. The minimum atomic E-state index is 0.557. The topological polar surface area (TPSA) is 62.7 Å². The van der Waals surface area contributed by atoms with Crippen molar-refractivity contribution in [1.29, 1.82) is 0 Å². The van der Waals surface area contributed by atoms with Crippen LogP contribution in [0.25, 0.3) is 22.2 Å². The summed E-state index contributed by atoms with van der Waals surface area (Å²) in [6, 6.07) is 15.9. The van der Waals surface area contributed by atoms with Crippen molar-refractivity contribution < 1.29 is 18.9 Å². The molecule has 76 heavy (non-hydrogen) atoms. The molecule has 0 saturated carbocycles. The second-order valence-electron chi connectivity index (χ2n) is 21.8. The van der Waals surface area contributed by atoms with Gasteiger partial charge >= 0.3 is 0 Å². The normalized spacial score (nSPS) is 11.9. The lowest BCUT2D eigenvalue weighted by Gasteiger charge is -2.15. The molecule has 3 rings (SSSR count). The highest BCUT2D eigenvalue weighted by molar-refractivity contribution is 6.51. The summed E-state index contributed by atoms with van der Waals surface area (Å²) in [5.41, 5.74) is 3.00. The summed E-state index contributed by atoms with van der Waals surface area (Å²) < 4.78 is 25.6. The lowest BCUT2D eigenvalue weighted by Crippen LogP contribution is -2.03. The quantitative estimate of drug-likeness (QED) is 0.0525. The third-order valence-corrected chi connectivity index (χ3v) is 15.4. The first-order valence-corrected chi connectivity index (χ1v) is 32.6. The highest BCUT2D eigenvalue weighted by Crippen LogP contribution is 2.35. The van der Waals surface area contributed by atoms with Gasteiger partial charge in [0.15, 0.2) is 23.0 Å². The summed E-state index contributed by atoms with van der Waals surface area (Å²) >= 11 is 14.0. The molecule has 0 atom stereocenters. The van der Waals surface area contributed by atoms with Crippen molar-refractivity contribution in [3.63, 3.8) is 0 Å². The average molecular weight is 1090 g/mol. The summed E-state index contributed by atoms with van der Waals surface area (Å²) in [4.78, 5) is 0. The predicted molar refractivity (Wildman–Crippen MR) is 332 cm³/mol. The Kier molecular flexibility index (Phi) is 42.1. The third kappa shape index (κ3) is 33.9. The van der Waals surface area contributed by atoms with Crippen molar-refractivity contribution in [2.75, 3.05) is 26.4 Å². The van der Waals surface area contributed by atoms with Gasteiger partial charge in [0.25, 0.3) is 0 Å². The van der Waals surface area contributed by atoms with Gasteiger partial charge in [0.1, 0.15) is 0 Å². The van der Waals surface area contributed by atoms with E-state index in [1.807, 2.05) is 60.7 Å². The summed E-state index contributed by atoms with van der Waals surface area (Å²) in [7, 11) is 0. The maximum atomic E-state index is 7.01. The second-order valence-corrected chi connectivity index (χ2v) is 22.6. The zero-order chi connectivity index (χ0) is 54.2. The van der Waals surface area contributed by atoms with Crippen LogP contribution in [0.1, 0.15) is 307 Å². The Morgan fingerprint density at radius 2 is 0.526 bits per heavy atom. The number of nitrogens with zero attached hydrogens (tertiary/aromatic N) is 2. The molecule has 3 aromatic rings. The van der Waals surface area contributed by atoms with Gasteiger partial charge < -0.3 is 18.9 Å². The fourth-order valence-electron chi connectivity index (χ4n) is 9.80. The van der Waals surface area contributed by atoms with Gasteiger partial charge in [-0.3, -0.25) is 0 Å². The number of aromatic nitrogens is 2. The number of halogens is 2. The Balaban J connectivity index is 1.61. The van der Waals surface area contributed by atoms with Crippen LogP contribution in [-0.2, 0) is 0 Å². The Morgan fingerprint density at radius 3 is 0.763 bits per heavy atom. The molecule has 0 amide bonds. The van der Waals surface area contributed by atoms with Gasteiger partial charge in [-0.15, -0.1) is 0 Å². The zero-order valence-electron chi connectivity index (χ0n) is 49.2. The van der Waals surface area contributed by atoms with Crippen LogP contribution in [0.4, 0.5) is 0 Å². The van der Waals surface area contributed by atoms with Gasteiger partial charge in [-0.2, -0.15) is 10.2 Å². The Hall–Kier alpha value is -3.22. The van der Waals surface area contributed by atoms with E-state index in [0.29, 0.717) is 47.9 Å².